The molecule has 0 aliphatic rings. The first-order chi connectivity index (χ1) is 5.60. The molecule has 7 heteroatoms. The topological polar surface area (TPSA) is 52.6 Å². The molecule has 0 unspecified atom stereocenters. The Bertz CT molecular complexity index is 337. The minimum Gasteiger partial charge on any atom is -0.520 e. The summed E-state index contributed by atoms with van der Waals surface area (Å²) in [4.78, 5) is 0. The zero-order valence-corrected chi connectivity index (χ0v) is 8.22. The molecular formula is C5H4O4S3-2. The van der Waals surface area contributed by atoms with Gasteiger partial charge in [-0.25, -0.2) is 10.0 Å². The lowest BCUT2D eigenvalue weighted by Crippen LogP contribution is -2.03. The highest BCUT2D eigenvalue weighted by atomic mass is 32.2. The van der Waals surface area contributed by atoms with Crippen LogP contribution in [0.4, 0.5) is 0 Å². The quantitative estimate of drug-likeness (QED) is 0.496. The maximum absolute atomic E-state index is 10.5. The molecule has 0 aliphatic carbocycles. The van der Waals surface area contributed by atoms with Crippen LogP contribution in [-0.2, 0) is 38.1 Å². The van der Waals surface area contributed by atoms with Crippen LogP contribution in [0.1, 0.15) is 0 Å². The molecule has 4 nitrogen and oxygen atoms in total. The lowest BCUT2D eigenvalue weighted by Gasteiger charge is -2.11. The Hall–Kier alpha value is -0.710. The summed E-state index contributed by atoms with van der Waals surface area (Å²) in [5, 5.41) is 3.44. The van der Waals surface area contributed by atoms with Crippen LogP contribution < -0.4 is 0 Å². The Kier molecular flexibility index (Phi) is 5.53. The van der Waals surface area contributed by atoms with Gasteiger partial charge in [-0.2, -0.15) is 0 Å². The van der Waals surface area contributed by atoms with Gasteiger partial charge in [-0.3, -0.25) is 0 Å². The lowest BCUT2D eigenvalue weighted by molar-refractivity contribution is 0.436. The molecule has 0 radical (unpaired) electrons. The Labute approximate surface area is 79.0 Å². The number of thiocarbonyl (C=S) groups is 1. The zero-order chi connectivity index (χ0) is 9.56. The van der Waals surface area contributed by atoms with E-state index in [1.807, 2.05) is 10.0 Å². The fraction of sp³-hybridized carbons (Fsp3) is 0. The number of hydrogen-bond acceptors (Lipinski definition) is 7. The third kappa shape index (κ3) is 5.01. The SMILES string of the molecule is C=C=[S-](=O)OC(=S)O[S-](=O)=C=C. The minimum atomic E-state index is -1.89. The fourth-order valence-corrected chi connectivity index (χ4v) is 1.04. The van der Waals surface area contributed by atoms with Gasteiger partial charge in [0.15, 0.2) is 0 Å². The summed E-state index contributed by atoms with van der Waals surface area (Å²) in [6.07, 6.45) is 0. The van der Waals surface area contributed by atoms with E-state index in [2.05, 4.69) is 33.7 Å². The molecule has 0 saturated carbocycles. The van der Waals surface area contributed by atoms with Crippen LogP contribution in [0.5, 0.6) is 0 Å². The van der Waals surface area contributed by atoms with Crippen molar-refractivity contribution in [1.29, 1.82) is 0 Å². The van der Waals surface area contributed by atoms with Gasteiger partial charge in [-0.05, 0) is 0 Å². The standard InChI is InChI=1S/C5H4O4S3/c1-3-11(6)8-5(10)9-12(7)4-2/h1-2H2/q-2. The van der Waals surface area contributed by atoms with Crippen LogP contribution in [-0.4, -0.2) is 15.3 Å². The second kappa shape index (κ2) is 5.88. The predicted octanol–water partition coefficient (Wildman–Crippen LogP) is 0.236. The molecule has 0 N–H and O–H groups in total. The molecule has 0 aromatic rings. The maximum atomic E-state index is 10.5. The van der Waals surface area contributed by atoms with E-state index < -0.39 is 26.6 Å². The summed E-state index contributed by atoms with van der Waals surface area (Å²) in [7, 11) is -3.77. The first-order valence-corrected chi connectivity index (χ1v) is 4.95. The average molecular weight is 224 g/mol. The molecule has 0 bridgehead atoms. The van der Waals surface area contributed by atoms with Crippen molar-refractivity contribution in [2.45, 2.75) is 0 Å². The van der Waals surface area contributed by atoms with Crippen LogP contribution in [0.2, 0.25) is 0 Å². The Morgan fingerprint density at radius 1 is 1.17 bits per heavy atom. The van der Waals surface area contributed by atoms with E-state index in [1.54, 1.807) is 0 Å². The van der Waals surface area contributed by atoms with Gasteiger partial charge in [0.05, 0.1) is 0 Å². The van der Waals surface area contributed by atoms with Crippen molar-refractivity contribution in [3.05, 3.63) is 13.2 Å². The van der Waals surface area contributed by atoms with E-state index in [0.717, 1.165) is 0 Å². The molecule has 0 spiro atoms. The van der Waals surface area contributed by atoms with Crippen molar-refractivity contribution in [1.82, 2.24) is 0 Å². The van der Waals surface area contributed by atoms with Gasteiger partial charge in [0.1, 0.15) is 0 Å². The normalized spacial score (nSPS) is 8.83. The molecule has 0 atom stereocenters. The molecular weight excluding hydrogens is 220 g/mol. The molecule has 68 valence electrons. The summed E-state index contributed by atoms with van der Waals surface area (Å²) in [5.74, 6) is 0. The van der Waals surface area contributed by atoms with Crippen LogP contribution in [0.15, 0.2) is 13.2 Å². The van der Waals surface area contributed by atoms with Crippen molar-refractivity contribution in [2.75, 3.05) is 0 Å². The van der Waals surface area contributed by atoms with Gasteiger partial charge >= 0.3 is 5.24 Å². The summed E-state index contributed by atoms with van der Waals surface area (Å²) in [5.41, 5.74) is 0. The molecule has 0 aliphatic heterocycles. The molecule has 0 saturated heterocycles. The fourth-order valence-electron chi connectivity index (χ4n) is 0.196. The van der Waals surface area contributed by atoms with Crippen molar-refractivity contribution in [3.8, 4) is 0 Å². The molecule has 0 heterocycles. The van der Waals surface area contributed by atoms with Crippen molar-refractivity contribution >= 4 is 48.8 Å². The van der Waals surface area contributed by atoms with E-state index >= 15 is 0 Å². The second-order valence-corrected chi connectivity index (χ2v) is 3.36. The smallest absolute Gasteiger partial charge is 0.318 e. The van der Waals surface area contributed by atoms with Crippen LogP contribution in [0.25, 0.3) is 0 Å². The average Bonchev–Trinajstić information content (AvgIpc) is 2.03. The van der Waals surface area contributed by atoms with Gasteiger partial charge in [0, 0.05) is 12.2 Å². The van der Waals surface area contributed by atoms with Gasteiger partial charge in [-0.15, -0.1) is 0 Å². The lowest BCUT2D eigenvalue weighted by atomic mass is 11.3. The van der Waals surface area contributed by atoms with E-state index in [4.69, 9.17) is 0 Å². The van der Waals surface area contributed by atoms with Crippen molar-refractivity contribution in [3.63, 3.8) is 0 Å². The van der Waals surface area contributed by atoms with E-state index in [1.165, 1.54) is 0 Å². The first-order valence-electron chi connectivity index (χ1n) is 2.39. The summed E-state index contributed by atoms with van der Waals surface area (Å²) in [6, 6.07) is 0. The summed E-state index contributed by atoms with van der Waals surface area (Å²) < 4.78 is 29.6. The third-order valence-corrected chi connectivity index (χ3v) is 1.98. The van der Waals surface area contributed by atoms with E-state index in [0.29, 0.717) is 0 Å². The summed E-state index contributed by atoms with van der Waals surface area (Å²) >= 11 is 4.37. The summed E-state index contributed by atoms with van der Waals surface area (Å²) in [6.45, 7) is 6.09. The largest absolute Gasteiger partial charge is 0.520 e. The van der Waals surface area contributed by atoms with Crippen LogP contribution in [0, 0.1) is 0 Å². The Morgan fingerprint density at radius 3 is 1.75 bits per heavy atom. The maximum Gasteiger partial charge on any atom is 0.318 e. The number of rotatable bonds is 2. The minimum absolute atomic E-state index is 0.529. The third-order valence-electron chi connectivity index (χ3n) is 0.523. The Balaban J connectivity index is 4.28. The van der Waals surface area contributed by atoms with Crippen LogP contribution >= 0.6 is 12.2 Å². The van der Waals surface area contributed by atoms with E-state index in [9.17, 15) is 8.42 Å². The molecule has 0 aromatic heterocycles. The van der Waals surface area contributed by atoms with Crippen LogP contribution in [0.3, 0.4) is 0 Å². The monoisotopic (exact) mass is 224 g/mol. The highest BCUT2D eigenvalue weighted by molar-refractivity contribution is 7.85. The molecule has 0 aromatic carbocycles. The number of hydrogen-bond donors (Lipinski definition) is 0. The highest BCUT2D eigenvalue weighted by Gasteiger charge is 1.83. The molecule has 0 rings (SSSR count). The predicted molar refractivity (Wildman–Crippen MR) is 52.1 cm³/mol. The van der Waals surface area contributed by atoms with Gasteiger partial charge in [-0.1, -0.05) is 34.5 Å². The zero-order valence-electron chi connectivity index (χ0n) is 5.77. The second-order valence-electron chi connectivity index (χ2n) is 1.17. The van der Waals surface area contributed by atoms with Gasteiger partial charge in [0.25, 0.3) is 0 Å². The molecule has 12 heavy (non-hydrogen) atoms. The van der Waals surface area contributed by atoms with Gasteiger partial charge < -0.3 is 16.8 Å². The van der Waals surface area contributed by atoms with Crippen molar-refractivity contribution < 1.29 is 16.8 Å². The first kappa shape index (κ1) is 11.3. The van der Waals surface area contributed by atoms with Gasteiger partial charge in [0.2, 0.25) is 0 Å². The molecule has 0 fully saturated rings. The van der Waals surface area contributed by atoms with Crippen molar-refractivity contribution in [2.24, 2.45) is 0 Å². The Morgan fingerprint density at radius 2 is 1.50 bits per heavy atom. The molecule has 0 amide bonds. The highest BCUT2D eigenvalue weighted by Crippen LogP contribution is 1.86. The van der Waals surface area contributed by atoms with E-state index in [-0.39, 0.29) is 0 Å².